The molecule has 0 aliphatic heterocycles. The monoisotopic (exact) mass is 392 g/mol. The highest BCUT2D eigenvalue weighted by Gasteiger charge is 2.17. The van der Waals surface area contributed by atoms with Gasteiger partial charge in [-0.2, -0.15) is 0 Å². The SMILES string of the molecule is CC[NH+](CC(=O)NCc1ccccc1F)CC(=O)Nc1cc(Cl)ccc1C. The molecule has 0 aliphatic carbocycles. The van der Waals surface area contributed by atoms with Crippen LogP contribution in [0.25, 0.3) is 0 Å². The minimum absolute atomic E-state index is 0.121. The van der Waals surface area contributed by atoms with Crippen LogP contribution in [0.4, 0.5) is 10.1 Å². The van der Waals surface area contributed by atoms with Crippen molar-refractivity contribution >= 4 is 29.1 Å². The highest BCUT2D eigenvalue weighted by molar-refractivity contribution is 6.31. The van der Waals surface area contributed by atoms with Crippen molar-refractivity contribution in [3.05, 3.63) is 64.4 Å². The molecule has 2 aromatic carbocycles. The lowest BCUT2D eigenvalue weighted by Crippen LogP contribution is -3.14. The minimum Gasteiger partial charge on any atom is -0.347 e. The first-order valence-electron chi connectivity index (χ1n) is 8.78. The van der Waals surface area contributed by atoms with Gasteiger partial charge in [-0.3, -0.25) is 9.59 Å². The second kappa shape index (κ2) is 10.0. The Kier molecular flexibility index (Phi) is 7.76. The smallest absolute Gasteiger partial charge is 0.279 e. The number of hydrogen-bond donors (Lipinski definition) is 3. The maximum atomic E-state index is 13.6. The van der Waals surface area contributed by atoms with Gasteiger partial charge in [0, 0.05) is 22.8 Å². The van der Waals surface area contributed by atoms with Crippen molar-refractivity contribution in [1.29, 1.82) is 0 Å². The van der Waals surface area contributed by atoms with Crippen molar-refractivity contribution < 1.29 is 18.9 Å². The first-order valence-corrected chi connectivity index (χ1v) is 9.16. The van der Waals surface area contributed by atoms with Crippen molar-refractivity contribution in [2.24, 2.45) is 0 Å². The van der Waals surface area contributed by atoms with Crippen LogP contribution < -0.4 is 15.5 Å². The number of anilines is 1. The van der Waals surface area contributed by atoms with E-state index >= 15 is 0 Å². The second-order valence-electron chi connectivity index (χ2n) is 6.33. The van der Waals surface area contributed by atoms with E-state index in [9.17, 15) is 14.0 Å². The number of quaternary nitrogens is 1. The number of nitrogens with one attached hydrogen (secondary N) is 3. The summed E-state index contributed by atoms with van der Waals surface area (Å²) in [4.78, 5) is 25.2. The molecule has 0 aliphatic rings. The van der Waals surface area contributed by atoms with Crippen LogP contribution in [0.5, 0.6) is 0 Å². The van der Waals surface area contributed by atoms with Gasteiger partial charge in [-0.15, -0.1) is 0 Å². The molecule has 2 aromatic rings. The van der Waals surface area contributed by atoms with Gasteiger partial charge in [-0.25, -0.2) is 4.39 Å². The van der Waals surface area contributed by atoms with Crippen molar-refractivity contribution in [2.45, 2.75) is 20.4 Å². The third-order valence-corrected chi connectivity index (χ3v) is 4.46. The topological polar surface area (TPSA) is 62.6 Å². The molecule has 2 amide bonds. The zero-order chi connectivity index (χ0) is 19.8. The Balaban J connectivity index is 1.85. The number of aryl methyl sites for hydroxylation is 1. The fourth-order valence-electron chi connectivity index (χ4n) is 2.59. The van der Waals surface area contributed by atoms with E-state index in [1.54, 1.807) is 30.3 Å². The van der Waals surface area contributed by atoms with Gasteiger partial charge in [0.25, 0.3) is 11.8 Å². The first-order chi connectivity index (χ1) is 12.9. The van der Waals surface area contributed by atoms with Gasteiger partial charge < -0.3 is 15.5 Å². The third kappa shape index (κ3) is 6.66. The molecule has 0 saturated heterocycles. The molecule has 0 fully saturated rings. The number of carbonyl (C=O) groups is 2. The summed E-state index contributed by atoms with van der Waals surface area (Å²) in [7, 11) is 0. The molecule has 0 saturated carbocycles. The number of benzene rings is 2. The van der Waals surface area contributed by atoms with Gasteiger partial charge in [0.05, 0.1) is 6.54 Å². The van der Waals surface area contributed by atoms with Gasteiger partial charge in [0.15, 0.2) is 13.1 Å². The Morgan fingerprint density at radius 3 is 2.52 bits per heavy atom. The van der Waals surface area contributed by atoms with E-state index < -0.39 is 0 Å². The van der Waals surface area contributed by atoms with Crippen LogP contribution >= 0.6 is 11.6 Å². The lowest BCUT2D eigenvalue weighted by Gasteiger charge is -2.17. The quantitative estimate of drug-likeness (QED) is 0.643. The summed E-state index contributed by atoms with van der Waals surface area (Å²) < 4.78 is 13.6. The van der Waals surface area contributed by atoms with Crippen molar-refractivity contribution in [2.75, 3.05) is 25.0 Å². The van der Waals surface area contributed by atoms with Gasteiger partial charge in [-0.1, -0.05) is 35.9 Å². The van der Waals surface area contributed by atoms with Crippen LogP contribution in [0, 0.1) is 12.7 Å². The number of likely N-dealkylation sites (N-methyl/N-ethyl adjacent to an activating group) is 1. The molecule has 1 atom stereocenters. The average Bonchev–Trinajstić information content (AvgIpc) is 2.63. The molecule has 3 N–H and O–H groups in total. The van der Waals surface area contributed by atoms with Gasteiger partial charge in [-0.05, 0) is 37.6 Å². The molecule has 0 spiro atoms. The molecule has 2 rings (SSSR count). The maximum Gasteiger partial charge on any atom is 0.279 e. The predicted molar refractivity (Wildman–Crippen MR) is 104 cm³/mol. The number of hydrogen-bond acceptors (Lipinski definition) is 2. The van der Waals surface area contributed by atoms with Gasteiger partial charge in [0.1, 0.15) is 5.82 Å². The van der Waals surface area contributed by atoms with Crippen LogP contribution in [0.15, 0.2) is 42.5 Å². The average molecular weight is 393 g/mol. The fourth-order valence-corrected chi connectivity index (χ4v) is 2.76. The number of rotatable bonds is 8. The summed E-state index contributed by atoms with van der Waals surface area (Å²) in [5.41, 5.74) is 2.00. The largest absolute Gasteiger partial charge is 0.347 e. The molecular formula is C20H24ClFN3O2+. The summed E-state index contributed by atoms with van der Waals surface area (Å²) in [5, 5.41) is 6.07. The van der Waals surface area contributed by atoms with E-state index in [0.717, 1.165) is 10.5 Å². The molecule has 0 aromatic heterocycles. The van der Waals surface area contributed by atoms with Gasteiger partial charge in [0.2, 0.25) is 0 Å². The Hall–Kier alpha value is -2.44. The minimum atomic E-state index is -0.353. The molecule has 144 valence electrons. The second-order valence-corrected chi connectivity index (χ2v) is 6.77. The summed E-state index contributed by atoms with van der Waals surface area (Å²) in [6.07, 6.45) is 0. The van der Waals surface area contributed by atoms with Gasteiger partial charge >= 0.3 is 0 Å². The van der Waals surface area contributed by atoms with Crippen LogP contribution in [0.2, 0.25) is 5.02 Å². The normalized spacial score (nSPS) is 11.7. The third-order valence-electron chi connectivity index (χ3n) is 4.23. The van der Waals surface area contributed by atoms with Crippen molar-refractivity contribution in [3.8, 4) is 0 Å². The summed E-state index contributed by atoms with van der Waals surface area (Å²) >= 11 is 5.96. The highest BCUT2D eigenvalue weighted by Crippen LogP contribution is 2.19. The van der Waals surface area contributed by atoms with Crippen LogP contribution in [0.1, 0.15) is 18.1 Å². The summed E-state index contributed by atoms with van der Waals surface area (Å²) in [6, 6.07) is 11.6. The molecule has 0 radical (unpaired) electrons. The molecule has 0 bridgehead atoms. The van der Waals surface area contributed by atoms with E-state index in [1.807, 2.05) is 19.9 Å². The van der Waals surface area contributed by atoms with Crippen LogP contribution in [-0.4, -0.2) is 31.4 Å². The molecule has 1 unspecified atom stereocenters. The highest BCUT2D eigenvalue weighted by atomic mass is 35.5. The number of carbonyl (C=O) groups excluding carboxylic acids is 2. The Morgan fingerprint density at radius 2 is 1.81 bits per heavy atom. The molecule has 5 nitrogen and oxygen atoms in total. The zero-order valence-corrected chi connectivity index (χ0v) is 16.2. The van der Waals surface area contributed by atoms with E-state index in [1.165, 1.54) is 6.07 Å². The first kappa shape index (κ1) is 20.9. The zero-order valence-electron chi connectivity index (χ0n) is 15.4. The molecule has 7 heteroatoms. The van der Waals surface area contributed by atoms with Crippen molar-refractivity contribution in [1.82, 2.24) is 5.32 Å². The number of amides is 2. The molecule has 0 heterocycles. The maximum absolute atomic E-state index is 13.6. The van der Waals surface area contributed by atoms with E-state index in [2.05, 4.69) is 10.6 Å². The molecule has 27 heavy (non-hydrogen) atoms. The lowest BCUT2D eigenvalue weighted by atomic mass is 10.2. The Morgan fingerprint density at radius 1 is 1.11 bits per heavy atom. The van der Waals surface area contributed by atoms with Crippen LogP contribution in [0.3, 0.4) is 0 Å². The predicted octanol–water partition coefficient (Wildman–Crippen LogP) is 1.95. The number of halogens is 2. The summed E-state index contributed by atoms with van der Waals surface area (Å²) in [6.45, 7) is 4.79. The molecular weight excluding hydrogens is 369 g/mol. The van der Waals surface area contributed by atoms with Crippen LogP contribution in [-0.2, 0) is 16.1 Å². The summed E-state index contributed by atoms with van der Waals surface area (Å²) in [5.74, 6) is -0.783. The standard InChI is InChI=1S/C20H23ClFN3O2/c1-3-25(12-19(26)23-11-15-6-4-5-7-17(15)22)13-20(27)24-18-10-16(21)9-8-14(18)2/h4-10H,3,11-13H2,1-2H3,(H,23,26)(H,24,27)/p+1. The van der Waals surface area contributed by atoms with Crippen molar-refractivity contribution in [3.63, 3.8) is 0 Å². The van der Waals surface area contributed by atoms with E-state index in [-0.39, 0.29) is 37.3 Å². The Labute approximate surface area is 163 Å². The van der Waals surface area contributed by atoms with E-state index in [4.69, 9.17) is 11.6 Å². The Bertz CT molecular complexity index is 814. The lowest BCUT2D eigenvalue weighted by molar-refractivity contribution is -0.881. The van der Waals surface area contributed by atoms with E-state index in [0.29, 0.717) is 22.8 Å². The fraction of sp³-hybridized carbons (Fsp3) is 0.300.